The van der Waals surface area contributed by atoms with Crippen LogP contribution in [-0.2, 0) is 23.7 Å². The minimum Gasteiger partial charge on any atom is -0.453 e. The topological polar surface area (TPSA) is 164 Å². The molecule has 0 amide bonds. The molecule has 2 aliphatic rings. The average Bonchev–Trinajstić information content (AvgIpc) is 2.72. The zero-order chi connectivity index (χ0) is 22.1. The molecular weight excluding hydrogens is 406 g/mol. The maximum Gasteiger partial charge on any atom is 0.303 e. The van der Waals surface area contributed by atoms with Gasteiger partial charge in [-0.1, -0.05) is 30.3 Å². The van der Waals surface area contributed by atoms with Gasteiger partial charge in [0.05, 0.1) is 18.4 Å². The number of nitrogens with one attached hydrogen (secondary N) is 1. The lowest BCUT2D eigenvalue weighted by Crippen LogP contribution is -2.60. The molecule has 2 unspecified atom stereocenters. The molecule has 11 nitrogen and oxygen atoms in total. The van der Waals surface area contributed by atoms with Crippen molar-refractivity contribution in [3.63, 3.8) is 0 Å². The van der Waals surface area contributed by atoms with E-state index in [1.165, 1.54) is 6.92 Å². The second-order valence-corrected chi connectivity index (χ2v) is 7.25. The van der Waals surface area contributed by atoms with Crippen LogP contribution in [-0.4, -0.2) is 52.7 Å². The molecule has 4 rings (SSSR count). The average molecular weight is 429 g/mol. The Morgan fingerprint density at radius 1 is 1.26 bits per heavy atom. The smallest absolute Gasteiger partial charge is 0.303 e. The van der Waals surface area contributed by atoms with Crippen LogP contribution < -0.4 is 17.0 Å². The Bertz CT molecular complexity index is 1060. The van der Waals surface area contributed by atoms with Crippen LogP contribution in [0.3, 0.4) is 0 Å². The predicted octanol–water partition coefficient (Wildman–Crippen LogP) is 0.840. The van der Waals surface area contributed by atoms with Crippen molar-refractivity contribution in [2.75, 3.05) is 18.1 Å². The number of ether oxygens (including phenoxy) is 4. The van der Waals surface area contributed by atoms with Gasteiger partial charge in [-0.15, -0.1) is 0 Å². The highest BCUT2D eigenvalue weighted by Crippen LogP contribution is 2.35. The summed E-state index contributed by atoms with van der Waals surface area (Å²) >= 11 is 0. The quantitative estimate of drug-likeness (QED) is 0.600. The number of fused-ring (bicyclic) bond motifs is 1. The van der Waals surface area contributed by atoms with E-state index >= 15 is 0 Å². The van der Waals surface area contributed by atoms with Crippen LogP contribution in [0.4, 0.5) is 17.5 Å². The molecule has 5 atom stereocenters. The fourth-order valence-electron chi connectivity index (χ4n) is 3.65. The van der Waals surface area contributed by atoms with Crippen molar-refractivity contribution in [2.45, 2.75) is 44.6 Å². The highest BCUT2D eigenvalue weighted by atomic mass is 16.7. The van der Waals surface area contributed by atoms with E-state index in [0.717, 1.165) is 5.56 Å². The molecule has 2 saturated heterocycles. The van der Waals surface area contributed by atoms with Gasteiger partial charge in [0.2, 0.25) is 5.95 Å². The van der Waals surface area contributed by atoms with Gasteiger partial charge in [0.25, 0.3) is 5.56 Å². The number of hydrogen-bond donors (Lipinski definition) is 3. The Labute approximate surface area is 177 Å². The Morgan fingerprint density at radius 3 is 2.68 bits per heavy atom. The van der Waals surface area contributed by atoms with E-state index in [4.69, 9.17) is 30.4 Å². The number of rotatable bonds is 3. The number of nitrogens with zero attached hydrogens (tertiary/aromatic N) is 2. The van der Waals surface area contributed by atoms with Crippen molar-refractivity contribution in [2.24, 2.45) is 4.99 Å². The number of aliphatic imine (C=N–C) groups is 1. The zero-order valence-electron chi connectivity index (χ0n) is 17.0. The van der Waals surface area contributed by atoms with Crippen LogP contribution in [0.25, 0.3) is 0 Å². The number of carbonyl (C=O) groups excluding carboxylic acids is 1. The van der Waals surface area contributed by atoms with Crippen LogP contribution in [0.2, 0.25) is 0 Å². The zero-order valence-corrected chi connectivity index (χ0v) is 17.0. The van der Waals surface area contributed by atoms with Crippen molar-refractivity contribution >= 4 is 29.1 Å². The van der Waals surface area contributed by atoms with Crippen molar-refractivity contribution in [3.05, 3.63) is 46.2 Å². The summed E-state index contributed by atoms with van der Waals surface area (Å²) in [6.07, 6.45) is -3.41. The Balaban J connectivity index is 1.72. The first-order chi connectivity index (χ1) is 14.8. The van der Waals surface area contributed by atoms with E-state index in [9.17, 15) is 9.59 Å². The van der Waals surface area contributed by atoms with Crippen LogP contribution in [0.15, 0.2) is 40.1 Å². The third-order valence-electron chi connectivity index (χ3n) is 4.99. The maximum atomic E-state index is 12.3. The van der Waals surface area contributed by atoms with Gasteiger partial charge in [0.15, 0.2) is 23.9 Å². The molecule has 0 spiro atoms. The standard InChI is InChI=1S/C20H23N5O6/c1-9-13(23-14-17(21)24-20(22)25-18(14)27)16(30-10(2)26)15-12(29-9)8-28-19(31-15)11-6-4-3-5-7-11/h3-7,9,12,15-16,19H,8H2,1-2H3,(H5,21,22,24,25,27)/t9?,12-,15+,16-,19?/m1/s1. The minimum atomic E-state index is -0.919. The lowest BCUT2D eigenvalue weighted by atomic mass is 9.95. The number of aromatic amines is 1. The summed E-state index contributed by atoms with van der Waals surface area (Å²) < 4.78 is 23.5. The molecule has 3 heterocycles. The van der Waals surface area contributed by atoms with Crippen molar-refractivity contribution in [1.29, 1.82) is 0 Å². The fraction of sp³-hybridized carbons (Fsp3) is 0.400. The molecule has 0 radical (unpaired) electrons. The summed E-state index contributed by atoms with van der Waals surface area (Å²) in [5.41, 5.74) is 11.7. The molecular formula is C20H23N5O6. The molecule has 5 N–H and O–H groups in total. The van der Waals surface area contributed by atoms with E-state index in [1.807, 2.05) is 30.3 Å². The highest BCUT2D eigenvalue weighted by Gasteiger charge is 2.48. The Morgan fingerprint density at radius 2 is 2.00 bits per heavy atom. The van der Waals surface area contributed by atoms with Crippen molar-refractivity contribution in [3.8, 4) is 0 Å². The lowest BCUT2D eigenvalue weighted by molar-refractivity contribution is -0.289. The molecule has 164 valence electrons. The van der Waals surface area contributed by atoms with Gasteiger partial charge in [0.1, 0.15) is 12.2 Å². The molecule has 2 fully saturated rings. The number of nitrogens with two attached hydrogens (primary N) is 2. The third kappa shape index (κ3) is 4.29. The van der Waals surface area contributed by atoms with Gasteiger partial charge in [-0.3, -0.25) is 14.6 Å². The number of anilines is 2. The minimum absolute atomic E-state index is 0.130. The Hall–Kier alpha value is -3.28. The van der Waals surface area contributed by atoms with E-state index in [1.54, 1.807) is 6.92 Å². The van der Waals surface area contributed by atoms with Crippen LogP contribution >= 0.6 is 0 Å². The first-order valence-corrected chi connectivity index (χ1v) is 9.72. The number of nitrogen functional groups attached to an aromatic ring is 2. The fourth-order valence-corrected chi connectivity index (χ4v) is 3.65. The Kier molecular flexibility index (Phi) is 5.72. The van der Waals surface area contributed by atoms with Gasteiger partial charge in [-0.25, -0.2) is 4.99 Å². The van der Waals surface area contributed by atoms with E-state index in [2.05, 4.69) is 15.0 Å². The predicted molar refractivity (Wildman–Crippen MR) is 111 cm³/mol. The maximum absolute atomic E-state index is 12.3. The van der Waals surface area contributed by atoms with E-state index in [-0.39, 0.29) is 29.8 Å². The van der Waals surface area contributed by atoms with Crippen LogP contribution in [0.1, 0.15) is 25.7 Å². The molecule has 0 saturated carbocycles. The summed E-state index contributed by atoms with van der Waals surface area (Å²) in [6, 6.07) is 9.36. The lowest BCUT2D eigenvalue weighted by Gasteiger charge is -2.45. The molecule has 2 aliphatic heterocycles. The van der Waals surface area contributed by atoms with Gasteiger partial charge in [-0.2, -0.15) is 4.98 Å². The number of carbonyl (C=O) groups is 1. The van der Waals surface area contributed by atoms with E-state index < -0.39 is 42.2 Å². The molecule has 1 aromatic carbocycles. The number of hydrogen-bond acceptors (Lipinski definition) is 10. The first kappa shape index (κ1) is 21.0. The molecule has 0 bridgehead atoms. The van der Waals surface area contributed by atoms with Gasteiger partial charge in [0, 0.05) is 12.5 Å². The SMILES string of the molecule is CC(=O)O[C@@H]1C(=Nc2c(N)nc(N)[nH]c2=O)C(C)O[C@@H]2COC(c3ccccc3)O[C@H]12. The summed E-state index contributed by atoms with van der Waals surface area (Å²) in [5.74, 6) is -0.816. The number of aromatic nitrogens is 2. The number of esters is 1. The van der Waals surface area contributed by atoms with Crippen LogP contribution in [0, 0.1) is 0 Å². The van der Waals surface area contributed by atoms with Crippen molar-refractivity contribution < 1.29 is 23.7 Å². The first-order valence-electron chi connectivity index (χ1n) is 9.72. The molecule has 31 heavy (non-hydrogen) atoms. The second-order valence-electron chi connectivity index (χ2n) is 7.25. The monoisotopic (exact) mass is 429 g/mol. The van der Waals surface area contributed by atoms with Gasteiger partial charge in [-0.05, 0) is 6.92 Å². The van der Waals surface area contributed by atoms with Crippen LogP contribution in [0.5, 0.6) is 0 Å². The highest BCUT2D eigenvalue weighted by molar-refractivity contribution is 5.97. The van der Waals surface area contributed by atoms with E-state index in [0.29, 0.717) is 0 Å². The second kappa shape index (κ2) is 8.46. The molecule has 11 heteroatoms. The molecule has 0 aliphatic carbocycles. The normalized spacial score (nSPS) is 29.4. The van der Waals surface area contributed by atoms with Gasteiger partial charge >= 0.3 is 5.97 Å². The van der Waals surface area contributed by atoms with Crippen molar-refractivity contribution in [1.82, 2.24) is 9.97 Å². The number of benzene rings is 1. The number of H-pyrrole nitrogens is 1. The largest absolute Gasteiger partial charge is 0.453 e. The van der Waals surface area contributed by atoms with Gasteiger partial charge < -0.3 is 30.4 Å². The third-order valence-corrected chi connectivity index (χ3v) is 4.99. The summed E-state index contributed by atoms with van der Waals surface area (Å²) in [4.78, 5) is 34.8. The summed E-state index contributed by atoms with van der Waals surface area (Å²) in [7, 11) is 0. The summed E-state index contributed by atoms with van der Waals surface area (Å²) in [6.45, 7) is 3.24. The summed E-state index contributed by atoms with van der Waals surface area (Å²) in [5, 5.41) is 0. The molecule has 1 aromatic heterocycles. The molecule has 2 aromatic rings.